The van der Waals surface area contributed by atoms with Crippen molar-refractivity contribution < 1.29 is 9.90 Å². The third-order valence-corrected chi connectivity index (χ3v) is 2.36. The number of carboxylic acid groups (broad SMARTS) is 1. The van der Waals surface area contributed by atoms with Gasteiger partial charge >= 0.3 is 5.97 Å². The van der Waals surface area contributed by atoms with Crippen LogP contribution in [0.15, 0.2) is 12.1 Å². The first-order valence-corrected chi connectivity index (χ1v) is 5.69. The molecule has 0 amide bonds. The van der Waals surface area contributed by atoms with Gasteiger partial charge in [-0.3, -0.25) is 0 Å². The zero-order valence-corrected chi connectivity index (χ0v) is 11.2. The second-order valence-corrected chi connectivity index (χ2v) is 5.61. The molecule has 1 N–H and O–H groups in total. The number of hydrogen-bond donors (Lipinski definition) is 1. The minimum absolute atomic E-state index is 0.0501. The molecule has 1 aromatic heterocycles. The molecule has 17 heavy (non-hydrogen) atoms. The summed E-state index contributed by atoms with van der Waals surface area (Å²) < 4.78 is 0. The lowest BCUT2D eigenvalue weighted by atomic mass is 9.96. The van der Waals surface area contributed by atoms with E-state index in [-0.39, 0.29) is 11.0 Å². The van der Waals surface area contributed by atoms with Crippen molar-refractivity contribution in [2.45, 2.75) is 20.8 Å². The van der Waals surface area contributed by atoms with Crippen LogP contribution in [0.4, 0.5) is 5.82 Å². The lowest BCUT2D eigenvalue weighted by molar-refractivity contribution is 0.0697. The molecule has 0 aliphatic rings. The van der Waals surface area contributed by atoms with Crippen molar-refractivity contribution in [3.8, 4) is 0 Å². The summed E-state index contributed by atoms with van der Waals surface area (Å²) in [5.41, 5.74) is 0.218. The first kappa shape index (κ1) is 13.8. The molecule has 0 bridgehead atoms. The van der Waals surface area contributed by atoms with E-state index in [4.69, 9.17) is 16.7 Å². The van der Waals surface area contributed by atoms with E-state index in [1.807, 2.05) is 11.9 Å². The number of aromatic nitrogens is 1. The predicted molar refractivity (Wildman–Crippen MR) is 68.9 cm³/mol. The quantitative estimate of drug-likeness (QED) is 0.845. The molecule has 0 aliphatic heterocycles. The Hall–Kier alpha value is -1.29. The lowest BCUT2D eigenvalue weighted by Gasteiger charge is -2.28. The highest BCUT2D eigenvalue weighted by Crippen LogP contribution is 2.23. The molecular weight excluding hydrogens is 240 g/mol. The Labute approximate surface area is 106 Å². The standard InChI is InChI=1S/C12H17ClN2O2/c1-12(2,3)7-15(4)10-8(11(16)17)5-6-9(13)14-10/h5-6H,7H2,1-4H3,(H,16,17). The summed E-state index contributed by atoms with van der Waals surface area (Å²) in [5, 5.41) is 9.39. The summed E-state index contributed by atoms with van der Waals surface area (Å²) in [5.74, 6) is -0.593. The van der Waals surface area contributed by atoms with Crippen molar-refractivity contribution in [3.63, 3.8) is 0 Å². The Bertz CT molecular complexity index is 427. The summed E-state index contributed by atoms with van der Waals surface area (Å²) in [6.07, 6.45) is 0. The molecule has 0 fully saturated rings. The molecule has 0 aromatic carbocycles. The van der Waals surface area contributed by atoms with Crippen LogP contribution in [0.25, 0.3) is 0 Å². The molecule has 0 saturated carbocycles. The highest BCUT2D eigenvalue weighted by atomic mass is 35.5. The maximum atomic E-state index is 11.1. The molecule has 94 valence electrons. The Morgan fingerprint density at radius 2 is 2.06 bits per heavy atom. The number of carbonyl (C=O) groups is 1. The summed E-state index contributed by atoms with van der Waals surface area (Å²) in [4.78, 5) is 17.0. The van der Waals surface area contributed by atoms with E-state index in [2.05, 4.69) is 25.8 Å². The summed E-state index contributed by atoms with van der Waals surface area (Å²) >= 11 is 5.81. The minimum Gasteiger partial charge on any atom is -0.478 e. The van der Waals surface area contributed by atoms with Crippen LogP contribution in [0.1, 0.15) is 31.1 Å². The Morgan fingerprint density at radius 3 is 2.53 bits per heavy atom. The fraction of sp³-hybridized carbons (Fsp3) is 0.500. The molecule has 0 saturated heterocycles. The average Bonchev–Trinajstić information content (AvgIpc) is 2.14. The molecule has 1 rings (SSSR count). The number of halogens is 1. The van der Waals surface area contributed by atoms with Crippen molar-refractivity contribution in [3.05, 3.63) is 22.8 Å². The van der Waals surface area contributed by atoms with Crippen molar-refractivity contribution in [1.82, 2.24) is 4.98 Å². The summed E-state index contributed by atoms with van der Waals surface area (Å²) in [7, 11) is 1.82. The van der Waals surface area contributed by atoms with E-state index >= 15 is 0 Å². The van der Waals surface area contributed by atoms with Gasteiger partial charge in [-0.25, -0.2) is 9.78 Å². The van der Waals surface area contributed by atoms with E-state index in [1.165, 1.54) is 12.1 Å². The number of carboxylic acids is 1. The fourth-order valence-corrected chi connectivity index (χ4v) is 1.81. The van der Waals surface area contributed by atoms with Crippen LogP contribution in [0.3, 0.4) is 0 Å². The number of nitrogens with zero attached hydrogens (tertiary/aromatic N) is 2. The number of anilines is 1. The number of rotatable bonds is 3. The maximum Gasteiger partial charge on any atom is 0.339 e. The minimum atomic E-state index is -0.995. The molecule has 0 unspecified atom stereocenters. The highest BCUT2D eigenvalue weighted by Gasteiger charge is 2.20. The zero-order valence-electron chi connectivity index (χ0n) is 10.5. The van der Waals surface area contributed by atoms with Crippen LogP contribution in [0.5, 0.6) is 0 Å². The second-order valence-electron chi connectivity index (χ2n) is 5.23. The first-order valence-electron chi connectivity index (χ1n) is 5.32. The first-order chi connectivity index (χ1) is 7.70. The maximum absolute atomic E-state index is 11.1. The molecule has 1 heterocycles. The van der Waals surface area contributed by atoms with Gasteiger partial charge in [-0.1, -0.05) is 32.4 Å². The second kappa shape index (κ2) is 4.92. The largest absolute Gasteiger partial charge is 0.478 e. The van der Waals surface area contributed by atoms with Crippen LogP contribution in [-0.2, 0) is 0 Å². The monoisotopic (exact) mass is 256 g/mol. The molecule has 4 nitrogen and oxygen atoms in total. The fourth-order valence-electron chi connectivity index (χ4n) is 1.67. The van der Waals surface area contributed by atoms with E-state index in [9.17, 15) is 4.79 Å². The molecule has 0 radical (unpaired) electrons. The Kier molecular flexibility index (Phi) is 3.98. The average molecular weight is 257 g/mol. The van der Waals surface area contributed by atoms with Gasteiger partial charge in [0.2, 0.25) is 0 Å². The van der Waals surface area contributed by atoms with Gasteiger partial charge in [-0.15, -0.1) is 0 Å². The summed E-state index contributed by atoms with van der Waals surface area (Å²) in [6.45, 7) is 6.93. The number of hydrogen-bond acceptors (Lipinski definition) is 3. The van der Waals surface area contributed by atoms with Crippen LogP contribution < -0.4 is 4.90 Å². The van der Waals surface area contributed by atoms with Gasteiger partial charge in [-0.05, 0) is 17.5 Å². The van der Waals surface area contributed by atoms with Crippen LogP contribution >= 0.6 is 11.6 Å². The SMILES string of the molecule is CN(CC(C)(C)C)c1nc(Cl)ccc1C(=O)O. The van der Waals surface area contributed by atoms with Gasteiger partial charge < -0.3 is 10.0 Å². The zero-order chi connectivity index (χ0) is 13.2. The van der Waals surface area contributed by atoms with Gasteiger partial charge in [0.15, 0.2) is 0 Å². The van der Waals surface area contributed by atoms with Crippen molar-refractivity contribution >= 4 is 23.4 Å². The molecule has 0 spiro atoms. The predicted octanol–water partition coefficient (Wildman–Crippen LogP) is 2.92. The van der Waals surface area contributed by atoms with E-state index in [0.717, 1.165) is 0 Å². The molecular formula is C12H17ClN2O2. The number of pyridine rings is 1. The third kappa shape index (κ3) is 3.89. The molecule has 0 aliphatic carbocycles. The van der Waals surface area contributed by atoms with E-state index in [1.54, 1.807) is 0 Å². The van der Waals surface area contributed by atoms with Crippen molar-refractivity contribution in [1.29, 1.82) is 0 Å². The summed E-state index contributed by atoms with van der Waals surface area (Å²) in [6, 6.07) is 2.96. The number of aromatic carboxylic acids is 1. The van der Waals surface area contributed by atoms with Crippen LogP contribution in [-0.4, -0.2) is 29.7 Å². The van der Waals surface area contributed by atoms with E-state index in [0.29, 0.717) is 17.5 Å². The van der Waals surface area contributed by atoms with E-state index < -0.39 is 5.97 Å². The van der Waals surface area contributed by atoms with Gasteiger partial charge in [0, 0.05) is 13.6 Å². The van der Waals surface area contributed by atoms with Crippen molar-refractivity contribution in [2.75, 3.05) is 18.5 Å². The Balaban J connectivity index is 3.10. The third-order valence-electron chi connectivity index (χ3n) is 2.14. The molecule has 1 aromatic rings. The van der Waals surface area contributed by atoms with Gasteiger partial charge in [0.25, 0.3) is 0 Å². The highest BCUT2D eigenvalue weighted by molar-refractivity contribution is 6.29. The van der Waals surface area contributed by atoms with Gasteiger partial charge in [0.05, 0.1) is 0 Å². The van der Waals surface area contributed by atoms with Gasteiger partial charge in [-0.2, -0.15) is 0 Å². The van der Waals surface area contributed by atoms with Crippen LogP contribution in [0, 0.1) is 5.41 Å². The lowest BCUT2D eigenvalue weighted by Crippen LogP contribution is -2.31. The smallest absolute Gasteiger partial charge is 0.339 e. The molecule has 5 heteroatoms. The topological polar surface area (TPSA) is 53.4 Å². The van der Waals surface area contributed by atoms with Gasteiger partial charge in [0.1, 0.15) is 16.5 Å². The normalized spacial score (nSPS) is 11.4. The van der Waals surface area contributed by atoms with Crippen molar-refractivity contribution in [2.24, 2.45) is 5.41 Å². The molecule has 0 atom stereocenters. The van der Waals surface area contributed by atoms with Crippen LogP contribution in [0.2, 0.25) is 5.15 Å². The Morgan fingerprint density at radius 1 is 1.47 bits per heavy atom.